The number of hydrogen-bond donors (Lipinski definition) is 2. The largest absolute Gasteiger partial charge is 0.399 e. The molecule has 2 unspecified atom stereocenters. The van der Waals surface area contributed by atoms with Crippen molar-refractivity contribution in [3.8, 4) is 0 Å². The van der Waals surface area contributed by atoms with Crippen LogP contribution in [0.5, 0.6) is 0 Å². The van der Waals surface area contributed by atoms with E-state index < -0.39 is 0 Å². The first-order valence-electron chi connectivity index (χ1n) is 6.02. The number of anilines is 1. The van der Waals surface area contributed by atoms with Gasteiger partial charge in [-0.15, -0.1) is 0 Å². The number of aryl methyl sites for hydroxylation is 1. The molecule has 16 heavy (non-hydrogen) atoms. The standard InChI is InChI=1S/C14H20N2/c15-13-7-3-11(4-8-13)1-2-12-5-9-14(16)10-6-12/h3-5,7-9,12,14H,1-2,6,10,15-16H2. The molecule has 0 fully saturated rings. The summed E-state index contributed by atoms with van der Waals surface area (Å²) in [4.78, 5) is 0. The van der Waals surface area contributed by atoms with Crippen LogP contribution in [-0.2, 0) is 6.42 Å². The van der Waals surface area contributed by atoms with Crippen molar-refractivity contribution in [1.82, 2.24) is 0 Å². The molecule has 0 amide bonds. The molecule has 86 valence electrons. The van der Waals surface area contributed by atoms with Crippen LogP contribution in [0.4, 0.5) is 5.69 Å². The first-order valence-corrected chi connectivity index (χ1v) is 6.02. The molecule has 0 aliphatic heterocycles. The third-order valence-electron chi connectivity index (χ3n) is 3.28. The van der Waals surface area contributed by atoms with Crippen molar-refractivity contribution in [3.63, 3.8) is 0 Å². The minimum absolute atomic E-state index is 0.285. The Labute approximate surface area is 97.3 Å². The highest BCUT2D eigenvalue weighted by Gasteiger charge is 2.12. The van der Waals surface area contributed by atoms with Crippen molar-refractivity contribution in [3.05, 3.63) is 42.0 Å². The van der Waals surface area contributed by atoms with Gasteiger partial charge in [0.25, 0.3) is 0 Å². The van der Waals surface area contributed by atoms with Gasteiger partial charge in [0.1, 0.15) is 0 Å². The van der Waals surface area contributed by atoms with Crippen molar-refractivity contribution in [2.24, 2.45) is 11.7 Å². The van der Waals surface area contributed by atoms with E-state index in [1.54, 1.807) is 0 Å². The molecule has 0 saturated carbocycles. The molecule has 1 aromatic rings. The van der Waals surface area contributed by atoms with E-state index in [-0.39, 0.29) is 6.04 Å². The molecule has 1 aliphatic rings. The van der Waals surface area contributed by atoms with Gasteiger partial charge in [-0.25, -0.2) is 0 Å². The van der Waals surface area contributed by atoms with Gasteiger partial charge < -0.3 is 11.5 Å². The Hall–Kier alpha value is -1.28. The van der Waals surface area contributed by atoms with E-state index in [1.165, 1.54) is 18.4 Å². The summed E-state index contributed by atoms with van der Waals surface area (Å²) < 4.78 is 0. The van der Waals surface area contributed by atoms with E-state index in [4.69, 9.17) is 11.5 Å². The quantitative estimate of drug-likeness (QED) is 0.602. The van der Waals surface area contributed by atoms with Gasteiger partial charge >= 0.3 is 0 Å². The summed E-state index contributed by atoms with van der Waals surface area (Å²) in [7, 11) is 0. The van der Waals surface area contributed by atoms with Gasteiger partial charge in [0.05, 0.1) is 0 Å². The number of nitrogen functional groups attached to an aromatic ring is 1. The van der Waals surface area contributed by atoms with Crippen molar-refractivity contribution >= 4 is 5.69 Å². The Balaban J connectivity index is 1.83. The minimum atomic E-state index is 0.285. The number of hydrogen-bond acceptors (Lipinski definition) is 2. The van der Waals surface area contributed by atoms with Gasteiger partial charge in [0.15, 0.2) is 0 Å². The summed E-state index contributed by atoms with van der Waals surface area (Å²) in [6, 6.07) is 8.47. The Morgan fingerprint density at radius 1 is 1.06 bits per heavy atom. The van der Waals surface area contributed by atoms with Gasteiger partial charge in [-0.05, 0) is 49.3 Å². The van der Waals surface area contributed by atoms with Gasteiger partial charge in [-0.3, -0.25) is 0 Å². The van der Waals surface area contributed by atoms with Crippen molar-refractivity contribution in [1.29, 1.82) is 0 Å². The van der Waals surface area contributed by atoms with Crippen LogP contribution < -0.4 is 11.5 Å². The average molecular weight is 216 g/mol. The van der Waals surface area contributed by atoms with Crippen LogP contribution >= 0.6 is 0 Å². The van der Waals surface area contributed by atoms with Crippen LogP contribution in [-0.4, -0.2) is 6.04 Å². The van der Waals surface area contributed by atoms with Crippen LogP contribution in [0.1, 0.15) is 24.8 Å². The molecule has 0 heterocycles. The molecule has 2 rings (SSSR count). The molecular formula is C14H20N2. The fourth-order valence-electron chi connectivity index (χ4n) is 2.18. The molecule has 2 heteroatoms. The van der Waals surface area contributed by atoms with Gasteiger partial charge in [0.2, 0.25) is 0 Å². The van der Waals surface area contributed by atoms with Crippen LogP contribution in [0.25, 0.3) is 0 Å². The summed E-state index contributed by atoms with van der Waals surface area (Å²) in [5, 5.41) is 0. The molecular weight excluding hydrogens is 196 g/mol. The van der Waals surface area contributed by atoms with Crippen molar-refractivity contribution in [2.45, 2.75) is 31.7 Å². The van der Waals surface area contributed by atoms with E-state index in [1.807, 2.05) is 12.1 Å². The zero-order chi connectivity index (χ0) is 11.4. The molecule has 1 aliphatic carbocycles. The Kier molecular flexibility index (Phi) is 3.62. The molecule has 0 saturated heterocycles. The topological polar surface area (TPSA) is 52.0 Å². The van der Waals surface area contributed by atoms with Crippen LogP contribution in [0.15, 0.2) is 36.4 Å². The molecule has 1 aromatic carbocycles. The Morgan fingerprint density at radius 2 is 1.81 bits per heavy atom. The summed E-state index contributed by atoms with van der Waals surface area (Å²) >= 11 is 0. The highest BCUT2D eigenvalue weighted by atomic mass is 14.6. The van der Waals surface area contributed by atoms with Crippen molar-refractivity contribution in [2.75, 3.05) is 5.73 Å². The SMILES string of the molecule is Nc1ccc(CCC2C=CC(N)CC2)cc1. The zero-order valence-electron chi connectivity index (χ0n) is 9.60. The summed E-state index contributed by atoms with van der Waals surface area (Å²) in [6.07, 6.45) is 9.13. The highest BCUT2D eigenvalue weighted by molar-refractivity contribution is 5.39. The summed E-state index contributed by atoms with van der Waals surface area (Å²) in [5.41, 5.74) is 13.7. The highest BCUT2D eigenvalue weighted by Crippen LogP contribution is 2.21. The minimum Gasteiger partial charge on any atom is -0.399 e. The van der Waals surface area contributed by atoms with E-state index in [9.17, 15) is 0 Å². The molecule has 0 spiro atoms. The molecule has 2 atom stereocenters. The van der Waals surface area contributed by atoms with E-state index in [0.29, 0.717) is 5.92 Å². The first kappa shape index (κ1) is 11.2. The first-order chi connectivity index (χ1) is 7.74. The number of benzene rings is 1. The lowest BCUT2D eigenvalue weighted by Gasteiger charge is -2.20. The molecule has 0 radical (unpaired) electrons. The van der Waals surface area contributed by atoms with Gasteiger partial charge in [-0.2, -0.15) is 0 Å². The predicted molar refractivity (Wildman–Crippen MR) is 69.0 cm³/mol. The number of nitrogens with two attached hydrogens (primary N) is 2. The van der Waals surface area contributed by atoms with Gasteiger partial charge in [-0.1, -0.05) is 24.3 Å². The maximum absolute atomic E-state index is 5.82. The average Bonchev–Trinajstić information content (AvgIpc) is 2.30. The smallest absolute Gasteiger partial charge is 0.0314 e. The maximum Gasteiger partial charge on any atom is 0.0314 e. The second-order valence-corrected chi connectivity index (χ2v) is 4.67. The van der Waals surface area contributed by atoms with E-state index in [0.717, 1.165) is 18.5 Å². The van der Waals surface area contributed by atoms with Crippen molar-refractivity contribution < 1.29 is 0 Å². The Morgan fingerprint density at radius 3 is 2.44 bits per heavy atom. The lowest BCUT2D eigenvalue weighted by Crippen LogP contribution is -2.21. The fraction of sp³-hybridized carbons (Fsp3) is 0.429. The Bertz CT molecular complexity index is 354. The van der Waals surface area contributed by atoms with E-state index >= 15 is 0 Å². The van der Waals surface area contributed by atoms with Gasteiger partial charge in [0, 0.05) is 11.7 Å². The third kappa shape index (κ3) is 3.11. The molecule has 0 aromatic heterocycles. The van der Waals surface area contributed by atoms with Crippen LogP contribution in [0, 0.1) is 5.92 Å². The normalized spacial score (nSPS) is 24.6. The monoisotopic (exact) mass is 216 g/mol. The summed E-state index contributed by atoms with van der Waals surface area (Å²) in [5.74, 6) is 0.706. The lowest BCUT2D eigenvalue weighted by atomic mass is 9.88. The molecule has 2 nitrogen and oxygen atoms in total. The summed E-state index contributed by atoms with van der Waals surface area (Å²) in [6.45, 7) is 0. The predicted octanol–water partition coefficient (Wildman–Crippen LogP) is 2.49. The van der Waals surface area contributed by atoms with Crippen LogP contribution in [0.3, 0.4) is 0 Å². The molecule has 0 bridgehead atoms. The lowest BCUT2D eigenvalue weighted by molar-refractivity contribution is 0.481. The zero-order valence-corrected chi connectivity index (χ0v) is 9.60. The molecule has 4 N–H and O–H groups in total. The fourth-order valence-corrected chi connectivity index (χ4v) is 2.18. The number of allylic oxidation sites excluding steroid dienone is 1. The maximum atomic E-state index is 5.82. The van der Waals surface area contributed by atoms with Crippen LogP contribution in [0.2, 0.25) is 0 Å². The second-order valence-electron chi connectivity index (χ2n) is 4.67. The van der Waals surface area contributed by atoms with E-state index in [2.05, 4.69) is 24.3 Å². The number of rotatable bonds is 3. The third-order valence-corrected chi connectivity index (χ3v) is 3.28. The second kappa shape index (κ2) is 5.17.